The van der Waals surface area contributed by atoms with Gasteiger partial charge in [-0.2, -0.15) is 26.3 Å². The maximum Gasteiger partial charge on any atom is 0.490 e. The van der Waals surface area contributed by atoms with E-state index in [1.165, 1.54) is 0 Å². The van der Waals surface area contributed by atoms with Crippen molar-refractivity contribution in [2.24, 2.45) is 0 Å². The fourth-order valence-corrected chi connectivity index (χ4v) is 2.32. The van der Waals surface area contributed by atoms with Crippen molar-refractivity contribution in [2.45, 2.75) is 25.4 Å². The average molecular weight is 518 g/mol. The van der Waals surface area contributed by atoms with Crippen LogP contribution in [-0.2, 0) is 22.7 Å². The molecule has 0 atom stereocenters. The highest BCUT2D eigenvalue weighted by Gasteiger charge is 2.38. The van der Waals surface area contributed by atoms with Gasteiger partial charge in [0, 0.05) is 30.5 Å². The Morgan fingerprint density at radius 3 is 2.15 bits per heavy atom. The summed E-state index contributed by atoms with van der Waals surface area (Å²) in [7, 11) is 2.08. The molecule has 188 valence electrons. The van der Waals surface area contributed by atoms with Crippen LogP contribution in [0.1, 0.15) is 5.82 Å². The molecule has 0 fully saturated rings. The number of carboxylic acids is 2. The van der Waals surface area contributed by atoms with E-state index in [9.17, 15) is 26.3 Å². The monoisotopic (exact) mass is 517 g/mol. The molecule has 0 radical (unpaired) electrons. The first-order valence-corrected chi connectivity index (χ1v) is 9.36. The zero-order valence-electron chi connectivity index (χ0n) is 17.2. The van der Waals surface area contributed by atoms with E-state index in [1.54, 1.807) is 6.20 Å². The third kappa shape index (κ3) is 10.5. The zero-order chi connectivity index (χ0) is 26.1. The number of nitrogens with zero attached hydrogens (tertiary/aromatic N) is 4. The van der Waals surface area contributed by atoms with Crippen molar-refractivity contribution in [2.75, 3.05) is 13.6 Å². The summed E-state index contributed by atoms with van der Waals surface area (Å²) in [6.07, 6.45) is -4.57. The molecule has 0 unspecified atom stereocenters. The molecule has 1 aromatic carbocycles. The van der Waals surface area contributed by atoms with Gasteiger partial charge in [-0.15, -0.1) is 0 Å². The van der Waals surface area contributed by atoms with Crippen LogP contribution < -0.4 is 0 Å². The van der Waals surface area contributed by atoms with Gasteiger partial charge < -0.3 is 19.8 Å². The number of aliphatic carboxylic acids is 2. The molecule has 0 aliphatic rings. The van der Waals surface area contributed by atoms with E-state index in [4.69, 9.17) is 31.4 Å². The lowest BCUT2D eigenvalue weighted by Crippen LogP contribution is -2.23. The number of nitrogens with one attached hydrogen (secondary N) is 1. The molecule has 0 aliphatic carbocycles. The van der Waals surface area contributed by atoms with Crippen molar-refractivity contribution >= 4 is 34.6 Å². The molecule has 0 amide bonds. The van der Waals surface area contributed by atoms with E-state index in [0.717, 1.165) is 41.5 Å². The third-order valence-corrected chi connectivity index (χ3v) is 3.93. The normalized spacial score (nSPS) is 11.4. The Hall–Kier alpha value is -3.33. The molecule has 3 rings (SSSR count). The lowest BCUT2D eigenvalue weighted by Gasteiger charge is -2.15. The second kappa shape index (κ2) is 12.2. The van der Waals surface area contributed by atoms with E-state index in [2.05, 4.69) is 31.5 Å². The predicted molar refractivity (Wildman–Crippen MR) is 107 cm³/mol. The number of hydrogen-bond donors (Lipinski definition) is 3. The number of rotatable bonds is 5. The number of carboxylic acid groups (broad SMARTS) is 2. The first-order chi connectivity index (χ1) is 15.6. The zero-order valence-corrected chi connectivity index (χ0v) is 18.0. The van der Waals surface area contributed by atoms with Crippen LogP contribution in [0.15, 0.2) is 36.9 Å². The van der Waals surface area contributed by atoms with E-state index in [1.807, 2.05) is 30.7 Å². The maximum atomic E-state index is 10.6. The molecule has 0 saturated heterocycles. The molecule has 16 heteroatoms. The van der Waals surface area contributed by atoms with Crippen LogP contribution in [0.5, 0.6) is 0 Å². The summed E-state index contributed by atoms with van der Waals surface area (Å²) >= 11 is 5.97. The maximum absolute atomic E-state index is 10.6. The molecule has 3 N–H and O–H groups in total. The molecule has 2 aromatic heterocycles. The Balaban J connectivity index is 0.000000343. The van der Waals surface area contributed by atoms with Crippen molar-refractivity contribution in [1.29, 1.82) is 0 Å². The summed E-state index contributed by atoms with van der Waals surface area (Å²) in [5.41, 5.74) is 1.93. The fraction of sp³-hybridized carbons (Fsp3) is 0.333. The minimum absolute atomic E-state index is 0.723. The second-order valence-electron chi connectivity index (χ2n) is 6.49. The number of H-pyrrole nitrogens is 1. The van der Waals surface area contributed by atoms with Gasteiger partial charge in [-0.1, -0.05) is 11.6 Å². The number of benzene rings is 1. The minimum atomic E-state index is -5.08. The van der Waals surface area contributed by atoms with Crippen LogP contribution in [0.4, 0.5) is 26.3 Å². The first-order valence-electron chi connectivity index (χ1n) is 8.98. The van der Waals surface area contributed by atoms with Gasteiger partial charge in [0.2, 0.25) is 0 Å². The van der Waals surface area contributed by atoms with Crippen LogP contribution in [-0.4, -0.2) is 72.5 Å². The third-order valence-electron chi connectivity index (χ3n) is 3.70. The molecule has 0 bridgehead atoms. The molecular formula is C18H18ClF6N5O4. The largest absolute Gasteiger partial charge is 0.490 e. The predicted octanol–water partition coefficient (Wildman–Crippen LogP) is 3.81. The minimum Gasteiger partial charge on any atom is -0.475 e. The smallest absolute Gasteiger partial charge is 0.475 e. The van der Waals surface area contributed by atoms with Crippen LogP contribution >= 0.6 is 11.6 Å². The van der Waals surface area contributed by atoms with Gasteiger partial charge in [0.05, 0.1) is 23.9 Å². The second-order valence-corrected chi connectivity index (χ2v) is 6.93. The highest BCUT2D eigenvalue weighted by atomic mass is 35.5. The van der Waals surface area contributed by atoms with Crippen LogP contribution in [0.25, 0.3) is 11.0 Å². The first kappa shape index (κ1) is 28.7. The van der Waals surface area contributed by atoms with Crippen LogP contribution in [0.2, 0.25) is 5.02 Å². The van der Waals surface area contributed by atoms with Crippen molar-refractivity contribution in [3.8, 4) is 0 Å². The van der Waals surface area contributed by atoms with Crippen LogP contribution in [0.3, 0.4) is 0 Å². The van der Waals surface area contributed by atoms with Crippen molar-refractivity contribution in [3.05, 3.63) is 47.8 Å². The number of carbonyl (C=O) groups is 2. The van der Waals surface area contributed by atoms with Gasteiger partial charge in [0.15, 0.2) is 0 Å². The van der Waals surface area contributed by atoms with Crippen molar-refractivity contribution in [1.82, 2.24) is 24.4 Å². The summed E-state index contributed by atoms with van der Waals surface area (Å²) < 4.78 is 65.5. The standard InChI is InChI=1S/C14H16ClN5.2C2HF3O2/c1-19(6-7-20-5-4-16-10-20)9-14-17-12-3-2-11(15)8-13(12)18-14;2*3-2(4,5)1(6)7/h2-5,8,10H,6-7,9H2,1H3,(H,17,18);2*(H,6,7). The number of halogens is 7. The summed E-state index contributed by atoms with van der Waals surface area (Å²) in [6, 6.07) is 5.69. The number of alkyl halides is 6. The number of fused-ring (bicyclic) bond motifs is 1. The highest BCUT2D eigenvalue weighted by molar-refractivity contribution is 6.31. The molecule has 0 saturated carbocycles. The van der Waals surface area contributed by atoms with Gasteiger partial charge in [-0.3, -0.25) is 4.90 Å². The van der Waals surface area contributed by atoms with Gasteiger partial charge in [0.1, 0.15) is 5.82 Å². The molecule has 34 heavy (non-hydrogen) atoms. The lowest BCUT2D eigenvalue weighted by atomic mass is 10.3. The Morgan fingerprint density at radius 1 is 1.12 bits per heavy atom. The summed E-state index contributed by atoms with van der Waals surface area (Å²) in [5, 5.41) is 15.0. The SMILES string of the molecule is CN(CCn1ccnc1)Cc1nc2ccc(Cl)cc2[nH]1.O=C(O)C(F)(F)F.O=C(O)C(F)(F)F. The molecule has 3 aromatic rings. The molecule has 9 nitrogen and oxygen atoms in total. The Labute approximate surface area is 192 Å². The highest BCUT2D eigenvalue weighted by Crippen LogP contribution is 2.17. The summed E-state index contributed by atoms with van der Waals surface area (Å²) in [4.78, 5) is 31.9. The molecule has 0 spiro atoms. The van der Waals surface area contributed by atoms with Gasteiger partial charge in [0.25, 0.3) is 0 Å². The Kier molecular flexibility index (Phi) is 10.3. The number of hydrogen-bond acceptors (Lipinski definition) is 5. The van der Waals surface area contributed by atoms with Crippen molar-refractivity contribution in [3.63, 3.8) is 0 Å². The average Bonchev–Trinajstić information content (AvgIpc) is 3.34. The lowest BCUT2D eigenvalue weighted by molar-refractivity contribution is -0.193. The van der Waals surface area contributed by atoms with Gasteiger partial charge >= 0.3 is 24.3 Å². The Bertz CT molecular complexity index is 1050. The number of aromatic amines is 1. The van der Waals surface area contributed by atoms with E-state index in [0.29, 0.717) is 0 Å². The summed E-state index contributed by atoms with van der Waals surface area (Å²) in [5.74, 6) is -4.56. The topological polar surface area (TPSA) is 124 Å². The fourth-order valence-electron chi connectivity index (χ4n) is 2.15. The quantitative estimate of drug-likeness (QED) is 0.440. The Morgan fingerprint density at radius 2 is 1.68 bits per heavy atom. The van der Waals surface area contributed by atoms with Crippen LogP contribution in [0, 0.1) is 0 Å². The van der Waals surface area contributed by atoms with Gasteiger partial charge in [-0.05, 0) is 25.2 Å². The van der Waals surface area contributed by atoms with E-state index < -0.39 is 24.3 Å². The number of likely N-dealkylation sites (N-methyl/N-ethyl adjacent to an activating group) is 1. The number of imidazole rings is 2. The molecule has 0 aliphatic heterocycles. The van der Waals surface area contributed by atoms with E-state index in [-0.39, 0.29) is 0 Å². The number of aromatic nitrogens is 4. The molecule has 2 heterocycles. The van der Waals surface area contributed by atoms with E-state index >= 15 is 0 Å². The van der Waals surface area contributed by atoms with Crippen molar-refractivity contribution < 1.29 is 46.1 Å². The van der Waals surface area contributed by atoms with Gasteiger partial charge in [-0.25, -0.2) is 19.6 Å². The molecular weight excluding hydrogens is 500 g/mol. The summed E-state index contributed by atoms with van der Waals surface area (Å²) in [6.45, 7) is 2.64.